The summed E-state index contributed by atoms with van der Waals surface area (Å²) in [7, 11) is 1.60. The van der Waals surface area contributed by atoms with Crippen LogP contribution in [0.2, 0.25) is 5.02 Å². The molecule has 0 bridgehead atoms. The molecule has 1 fully saturated rings. The second-order valence-corrected chi connectivity index (χ2v) is 7.98. The maximum Gasteiger partial charge on any atom is 0.269 e. The fourth-order valence-corrected chi connectivity index (χ4v) is 4.16. The van der Waals surface area contributed by atoms with Gasteiger partial charge in [0.25, 0.3) is 5.69 Å². The highest BCUT2D eigenvalue weighted by Crippen LogP contribution is 2.42. The van der Waals surface area contributed by atoms with Gasteiger partial charge in [-0.3, -0.25) is 14.9 Å². The minimum Gasteiger partial charge on any atom is -0.487 e. The number of methoxy groups -OCH3 is 1. The number of nitro groups is 1. The second kappa shape index (κ2) is 9.45. The van der Waals surface area contributed by atoms with E-state index in [1.807, 2.05) is 6.92 Å². The van der Waals surface area contributed by atoms with Crippen LogP contribution < -0.4 is 10.1 Å². The molecule has 2 aromatic carbocycles. The van der Waals surface area contributed by atoms with Crippen LogP contribution in [-0.4, -0.2) is 30.7 Å². The van der Waals surface area contributed by atoms with E-state index in [9.17, 15) is 14.9 Å². The first-order valence-electron chi connectivity index (χ1n) is 9.87. The van der Waals surface area contributed by atoms with E-state index in [0.717, 1.165) is 18.4 Å². The molecule has 1 aliphatic rings. The average molecular weight is 433 g/mol. The summed E-state index contributed by atoms with van der Waals surface area (Å²) >= 11 is 6.33. The summed E-state index contributed by atoms with van der Waals surface area (Å²) in [4.78, 5) is 23.8. The molecule has 0 spiro atoms. The van der Waals surface area contributed by atoms with Gasteiger partial charge in [0.2, 0.25) is 5.91 Å². The van der Waals surface area contributed by atoms with Gasteiger partial charge in [0, 0.05) is 24.9 Å². The van der Waals surface area contributed by atoms with Crippen molar-refractivity contribution < 1.29 is 19.2 Å². The summed E-state index contributed by atoms with van der Waals surface area (Å²) < 4.78 is 10.8. The first-order valence-corrected chi connectivity index (χ1v) is 10.2. The van der Waals surface area contributed by atoms with E-state index in [0.29, 0.717) is 35.9 Å². The maximum absolute atomic E-state index is 13.3. The summed E-state index contributed by atoms with van der Waals surface area (Å²) in [5, 5.41) is 14.3. The lowest BCUT2D eigenvalue weighted by molar-refractivity contribution is -0.384. The molecule has 1 atom stereocenters. The number of rotatable bonds is 8. The molecule has 1 N–H and O–H groups in total. The molecule has 0 saturated heterocycles. The van der Waals surface area contributed by atoms with Crippen molar-refractivity contribution >= 4 is 28.9 Å². The highest BCUT2D eigenvalue weighted by atomic mass is 35.5. The molecule has 7 nitrogen and oxygen atoms in total. The SMILES string of the molecule is COC[C@H](C)Oc1ccc(NC(=O)C2(c3ccc([N+](=O)[O-])cc3)CCCC2)cc1Cl. The summed E-state index contributed by atoms with van der Waals surface area (Å²) in [5.41, 5.74) is 0.675. The van der Waals surface area contributed by atoms with E-state index in [2.05, 4.69) is 5.32 Å². The predicted molar refractivity (Wildman–Crippen MR) is 115 cm³/mol. The Balaban J connectivity index is 1.78. The number of carbonyl (C=O) groups excluding carboxylic acids is 1. The van der Waals surface area contributed by atoms with E-state index in [-0.39, 0.29) is 17.7 Å². The predicted octanol–water partition coefficient (Wildman–Crippen LogP) is 5.11. The van der Waals surface area contributed by atoms with Crippen molar-refractivity contribution in [2.75, 3.05) is 19.0 Å². The van der Waals surface area contributed by atoms with Crippen LogP contribution in [-0.2, 0) is 14.9 Å². The van der Waals surface area contributed by atoms with Crippen LogP contribution in [0.4, 0.5) is 11.4 Å². The summed E-state index contributed by atoms with van der Waals surface area (Å²) in [6.07, 6.45) is 3.09. The molecule has 8 heteroatoms. The number of carbonyl (C=O) groups is 1. The van der Waals surface area contributed by atoms with Gasteiger partial charge in [0.15, 0.2) is 0 Å². The zero-order valence-electron chi connectivity index (χ0n) is 17.0. The van der Waals surface area contributed by atoms with Gasteiger partial charge in [0.1, 0.15) is 11.9 Å². The molecule has 1 saturated carbocycles. The lowest BCUT2D eigenvalue weighted by atomic mass is 9.78. The van der Waals surface area contributed by atoms with Crippen molar-refractivity contribution in [1.29, 1.82) is 0 Å². The zero-order chi connectivity index (χ0) is 21.7. The first kappa shape index (κ1) is 22.1. The van der Waals surface area contributed by atoms with Crippen molar-refractivity contribution in [3.8, 4) is 5.75 Å². The molecule has 0 unspecified atom stereocenters. The number of non-ortho nitro benzene ring substituents is 1. The maximum atomic E-state index is 13.3. The van der Waals surface area contributed by atoms with Gasteiger partial charge in [-0.15, -0.1) is 0 Å². The Morgan fingerprint density at radius 2 is 1.90 bits per heavy atom. The van der Waals surface area contributed by atoms with Crippen LogP contribution >= 0.6 is 11.6 Å². The molecular weight excluding hydrogens is 408 g/mol. The Bertz CT molecular complexity index is 910. The van der Waals surface area contributed by atoms with Crippen LogP contribution in [0.5, 0.6) is 5.75 Å². The highest BCUT2D eigenvalue weighted by molar-refractivity contribution is 6.32. The van der Waals surface area contributed by atoms with Gasteiger partial charge in [-0.05, 0) is 43.5 Å². The van der Waals surface area contributed by atoms with Gasteiger partial charge >= 0.3 is 0 Å². The molecule has 1 amide bonds. The number of halogens is 1. The highest BCUT2D eigenvalue weighted by Gasteiger charge is 2.42. The van der Waals surface area contributed by atoms with Crippen LogP contribution in [0.15, 0.2) is 42.5 Å². The molecule has 160 valence electrons. The lowest BCUT2D eigenvalue weighted by Gasteiger charge is -2.28. The summed E-state index contributed by atoms with van der Waals surface area (Å²) in [6.45, 7) is 2.32. The van der Waals surface area contributed by atoms with Gasteiger partial charge in [-0.1, -0.05) is 36.6 Å². The van der Waals surface area contributed by atoms with Crippen LogP contribution in [0.3, 0.4) is 0 Å². The number of hydrogen-bond acceptors (Lipinski definition) is 5. The minimum atomic E-state index is -0.705. The van der Waals surface area contributed by atoms with Gasteiger partial charge in [0.05, 0.1) is 22.0 Å². The van der Waals surface area contributed by atoms with Crippen molar-refractivity contribution in [2.45, 2.75) is 44.1 Å². The number of ether oxygens (including phenoxy) is 2. The van der Waals surface area contributed by atoms with E-state index in [1.165, 1.54) is 12.1 Å². The number of anilines is 1. The van der Waals surface area contributed by atoms with Crippen LogP contribution in [0.1, 0.15) is 38.2 Å². The smallest absolute Gasteiger partial charge is 0.269 e. The number of nitrogens with one attached hydrogen (secondary N) is 1. The summed E-state index contributed by atoms with van der Waals surface area (Å²) in [6, 6.07) is 11.4. The molecule has 0 aromatic heterocycles. The largest absolute Gasteiger partial charge is 0.487 e. The molecule has 1 aliphatic carbocycles. The molecule has 0 radical (unpaired) electrons. The Morgan fingerprint density at radius 1 is 1.23 bits per heavy atom. The molecule has 30 heavy (non-hydrogen) atoms. The third-order valence-electron chi connectivity index (χ3n) is 5.44. The number of hydrogen-bond donors (Lipinski definition) is 1. The monoisotopic (exact) mass is 432 g/mol. The average Bonchev–Trinajstić information content (AvgIpc) is 3.21. The Labute approximate surface area is 180 Å². The minimum absolute atomic E-state index is 0.0115. The fraction of sp³-hybridized carbons (Fsp3) is 0.409. The zero-order valence-corrected chi connectivity index (χ0v) is 17.8. The van der Waals surface area contributed by atoms with Crippen molar-refractivity contribution in [1.82, 2.24) is 0 Å². The third kappa shape index (κ3) is 4.74. The Kier molecular flexibility index (Phi) is 6.95. The van der Waals surface area contributed by atoms with Crippen molar-refractivity contribution in [3.63, 3.8) is 0 Å². The normalized spacial score (nSPS) is 16.1. The first-order chi connectivity index (χ1) is 14.4. The lowest BCUT2D eigenvalue weighted by Crippen LogP contribution is -2.38. The number of amides is 1. The van der Waals surface area contributed by atoms with Crippen molar-refractivity contribution in [3.05, 3.63) is 63.2 Å². The molecule has 0 aliphatic heterocycles. The third-order valence-corrected chi connectivity index (χ3v) is 5.74. The van der Waals surface area contributed by atoms with Crippen LogP contribution in [0.25, 0.3) is 0 Å². The molecular formula is C22H25ClN2O5. The van der Waals surface area contributed by atoms with E-state index in [1.54, 1.807) is 37.4 Å². The standard InChI is InChI=1S/C22H25ClN2O5/c1-15(14-29-2)30-20-10-7-17(13-19(20)23)24-21(26)22(11-3-4-12-22)16-5-8-18(9-6-16)25(27)28/h5-10,13,15H,3-4,11-12,14H2,1-2H3,(H,24,26)/t15-/m0/s1. The quantitative estimate of drug-likeness (QED) is 0.462. The summed E-state index contributed by atoms with van der Waals surface area (Å²) in [5.74, 6) is 0.386. The van der Waals surface area contributed by atoms with Gasteiger partial charge in [-0.25, -0.2) is 0 Å². The second-order valence-electron chi connectivity index (χ2n) is 7.58. The molecule has 2 aromatic rings. The number of nitrogens with zero attached hydrogens (tertiary/aromatic N) is 1. The molecule has 3 rings (SSSR count). The topological polar surface area (TPSA) is 90.7 Å². The van der Waals surface area contributed by atoms with E-state index >= 15 is 0 Å². The number of benzene rings is 2. The van der Waals surface area contributed by atoms with Crippen LogP contribution in [0, 0.1) is 10.1 Å². The Hall–Kier alpha value is -2.64. The van der Waals surface area contributed by atoms with Gasteiger partial charge in [-0.2, -0.15) is 0 Å². The Morgan fingerprint density at radius 3 is 2.47 bits per heavy atom. The van der Waals surface area contributed by atoms with Gasteiger partial charge < -0.3 is 14.8 Å². The van der Waals surface area contributed by atoms with E-state index < -0.39 is 10.3 Å². The fourth-order valence-electron chi connectivity index (χ4n) is 3.94. The number of nitro benzene ring substituents is 1. The van der Waals surface area contributed by atoms with Crippen molar-refractivity contribution in [2.24, 2.45) is 0 Å². The van der Waals surface area contributed by atoms with E-state index in [4.69, 9.17) is 21.1 Å². The molecule has 0 heterocycles.